The normalized spacial score (nSPS) is 54.6. The van der Waals surface area contributed by atoms with Gasteiger partial charge in [-0.25, -0.2) is 4.79 Å². The highest BCUT2D eigenvalue weighted by Gasteiger charge is 2.67. The van der Waals surface area contributed by atoms with Crippen LogP contribution in [0.4, 0.5) is 0 Å². The van der Waals surface area contributed by atoms with Crippen molar-refractivity contribution in [3.63, 3.8) is 0 Å². The second kappa shape index (κ2) is 5.82. The third-order valence-corrected chi connectivity index (χ3v) is 9.96. The molecule has 4 heteroatoms. The minimum Gasteiger partial charge on any atom is -0.458 e. The molecule has 0 radical (unpaired) electrons. The molecular formula is C23H34O4. The fourth-order valence-electron chi connectivity index (χ4n) is 8.39. The summed E-state index contributed by atoms with van der Waals surface area (Å²) in [5.74, 6) is 1.59. The molecule has 0 saturated heterocycles. The van der Waals surface area contributed by atoms with Crippen molar-refractivity contribution >= 4 is 5.97 Å². The van der Waals surface area contributed by atoms with E-state index >= 15 is 0 Å². The maximum atomic E-state index is 12.1. The van der Waals surface area contributed by atoms with Crippen molar-refractivity contribution in [1.29, 1.82) is 0 Å². The van der Waals surface area contributed by atoms with Gasteiger partial charge in [0.1, 0.15) is 6.61 Å². The molecule has 4 nitrogen and oxygen atoms in total. The molecular weight excluding hydrogens is 340 g/mol. The zero-order valence-electron chi connectivity index (χ0n) is 16.7. The molecule has 0 bridgehead atoms. The molecule has 4 saturated carbocycles. The summed E-state index contributed by atoms with van der Waals surface area (Å²) < 4.78 is 5.20. The second-order valence-electron chi connectivity index (χ2n) is 10.7. The Bertz CT molecular complexity index is 686. The van der Waals surface area contributed by atoms with Gasteiger partial charge >= 0.3 is 5.97 Å². The van der Waals surface area contributed by atoms with Crippen molar-refractivity contribution in [2.75, 3.05) is 6.61 Å². The van der Waals surface area contributed by atoms with E-state index in [1.54, 1.807) is 6.08 Å². The molecule has 2 N–H and O–H groups in total. The molecule has 0 aromatic heterocycles. The second-order valence-corrected chi connectivity index (χ2v) is 10.7. The van der Waals surface area contributed by atoms with Crippen LogP contribution in [-0.2, 0) is 9.53 Å². The van der Waals surface area contributed by atoms with Crippen molar-refractivity contribution < 1.29 is 19.7 Å². The Morgan fingerprint density at radius 3 is 2.59 bits per heavy atom. The number of rotatable bonds is 1. The van der Waals surface area contributed by atoms with Gasteiger partial charge in [0.15, 0.2) is 0 Å². The first-order valence-corrected chi connectivity index (χ1v) is 11.1. The summed E-state index contributed by atoms with van der Waals surface area (Å²) in [6.07, 6.45) is 10.8. The number of hydrogen-bond donors (Lipinski definition) is 2. The van der Waals surface area contributed by atoms with Gasteiger partial charge in [0.25, 0.3) is 0 Å². The molecule has 8 atom stereocenters. The van der Waals surface area contributed by atoms with Crippen LogP contribution in [0.25, 0.3) is 0 Å². The molecule has 4 aliphatic carbocycles. The summed E-state index contributed by atoms with van der Waals surface area (Å²) in [4.78, 5) is 11.6. The topological polar surface area (TPSA) is 66.8 Å². The fraction of sp³-hybridized carbons (Fsp3) is 0.870. The van der Waals surface area contributed by atoms with E-state index in [4.69, 9.17) is 4.74 Å². The van der Waals surface area contributed by atoms with Crippen LogP contribution in [0.3, 0.4) is 0 Å². The first-order valence-electron chi connectivity index (χ1n) is 11.1. The fourth-order valence-corrected chi connectivity index (χ4v) is 8.39. The predicted octanol–water partition coefficient (Wildman–Crippen LogP) is 3.60. The molecule has 5 aliphatic rings. The lowest BCUT2D eigenvalue weighted by Crippen LogP contribution is -2.62. The average Bonchev–Trinajstić information content (AvgIpc) is 3.16. The summed E-state index contributed by atoms with van der Waals surface area (Å²) in [5.41, 5.74) is 0.600. The van der Waals surface area contributed by atoms with Crippen LogP contribution in [0, 0.1) is 34.5 Å². The van der Waals surface area contributed by atoms with Crippen molar-refractivity contribution in [3.05, 3.63) is 11.6 Å². The van der Waals surface area contributed by atoms with Crippen molar-refractivity contribution in [1.82, 2.24) is 0 Å². The Labute approximate surface area is 162 Å². The van der Waals surface area contributed by atoms with Gasteiger partial charge in [-0.2, -0.15) is 0 Å². The highest BCUT2D eigenvalue weighted by atomic mass is 16.5. The van der Waals surface area contributed by atoms with E-state index in [0.29, 0.717) is 24.4 Å². The Morgan fingerprint density at radius 2 is 1.85 bits per heavy atom. The monoisotopic (exact) mass is 374 g/mol. The minimum absolute atomic E-state index is 0.126. The van der Waals surface area contributed by atoms with Crippen molar-refractivity contribution in [3.8, 4) is 0 Å². The average molecular weight is 375 g/mol. The largest absolute Gasteiger partial charge is 0.458 e. The highest BCUT2D eigenvalue weighted by molar-refractivity contribution is 5.85. The van der Waals surface area contributed by atoms with Crippen LogP contribution < -0.4 is 0 Å². The zero-order valence-corrected chi connectivity index (χ0v) is 16.7. The number of ether oxygens (including phenoxy) is 1. The van der Waals surface area contributed by atoms with Crippen LogP contribution in [0.5, 0.6) is 0 Å². The Balaban J connectivity index is 1.47. The number of fused-ring (bicyclic) bond motifs is 5. The maximum Gasteiger partial charge on any atom is 0.331 e. The van der Waals surface area contributed by atoms with Gasteiger partial charge in [-0.1, -0.05) is 13.8 Å². The first-order chi connectivity index (χ1) is 12.8. The zero-order chi connectivity index (χ0) is 19.0. The summed E-state index contributed by atoms with van der Waals surface area (Å²) >= 11 is 0. The molecule has 5 unspecified atom stereocenters. The number of esters is 1. The van der Waals surface area contributed by atoms with Crippen LogP contribution in [-0.4, -0.2) is 34.5 Å². The highest BCUT2D eigenvalue weighted by Crippen LogP contribution is 2.69. The lowest BCUT2D eigenvalue weighted by atomic mass is 9.43. The molecule has 1 aliphatic heterocycles. The van der Waals surface area contributed by atoms with Gasteiger partial charge < -0.3 is 14.9 Å². The quantitative estimate of drug-likeness (QED) is 0.688. The maximum absolute atomic E-state index is 12.1. The summed E-state index contributed by atoms with van der Waals surface area (Å²) in [6, 6.07) is 0. The van der Waals surface area contributed by atoms with E-state index in [1.165, 1.54) is 6.42 Å². The lowest BCUT2D eigenvalue weighted by molar-refractivity contribution is -0.208. The molecule has 5 rings (SSSR count). The number of carbonyl (C=O) groups excluding carboxylic acids is 1. The molecule has 0 amide bonds. The van der Waals surface area contributed by atoms with E-state index in [-0.39, 0.29) is 28.8 Å². The van der Waals surface area contributed by atoms with Gasteiger partial charge in [0, 0.05) is 11.5 Å². The van der Waals surface area contributed by atoms with E-state index in [2.05, 4.69) is 13.8 Å². The van der Waals surface area contributed by atoms with E-state index < -0.39 is 5.60 Å². The third-order valence-electron chi connectivity index (χ3n) is 9.96. The van der Waals surface area contributed by atoms with E-state index in [9.17, 15) is 15.0 Å². The molecule has 0 aromatic carbocycles. The molecule has 0 aromatic rings. The van der Waals surface area contributed by atoms with Crippen LogP contribution in [0.15, 0.2) is 11.6 Å². The smallest absolute Gasteiger partial charge is 0.331 e. The number of carbonyl (C=O) groups is 1. The molecule has 1 heterocycles. The molecule has 150 valence electrons. The number of hydrogen-bond acceptors (Lipinski definition) is 4. The molecule has 0 spiro atoms. The Kier molecular flexibility index (Phi) is 3.92. The first kappa shape index (κ1) is 18.2. The van der Waals surface area contributed by atoms with Gasteiger partial charge in [-0.15, -0.1) is 0 Å². The third kappa shape index (κ3) is 2.32. The van der Waals surface area contributed by atoms with Crippen LogP contribution in [0.1, 0.15) is 71.6 Å². The number of aliphatic hydroxyl groups excluding tert-OH is 1. The Morgan fingerprint density at radius 1 is 1.04 bits per heavy atom. The summed E-state index contributed by atoms with van der Waals surface area (Å²) in [7, 11) is 0. The van der Waals surface area contributed by atoms with Crippen LogP contribution in [0.2, 0.25) is 0 Å². The van der Waals surface area contributed by atoms with Crippen molar-refractivity contribution in [2.24, 2.45) is 34.5 Å². The summed E-state index contributed by atoms with van der Waals surface area (Å²) in [6.45, 7) is 5.15. The van der Waals surface area contributed by atoms with E-state index in [1.807, 2.05) is 0 Å². The van der Waals surface area contributed by atoms with Gasteiger partial charge in [0.2, 0.25) is 0 Å². The lowest BCUT2D eigenvalue weighted by Gasteiger charge is -2.63. The van der Waals surface area contributed by atoms with Crippen LogP contribution >= 0.6 is 0 Å². The predicted molar refractivity (Wildman–Crippen MR) is 102 cm³/mol. The number of aliphatic hydroxyl groups is 2. The Hall–Kier alpha value is -0.870. The molecule has 4 fully saturated rings. The van der Waals surface area contributed by atoms with Gasteiger partial charge in [0.05, 0.1) is 11.7 Å². The van der Waals surface area contributed by atoms with Crippen molar-refractivity contribution in [2.45, 2.75) is 83.3 Å². The SMILES string of the molecule is C[C@]12CCC(O)CC1CCC1C2CC[C@]2(C)C(C3=CC(=O)OC3)CC[C@]12O. The van der Waals surface area contributed by atoms with E-state index in [0.717, 1.165) is 56.9 Å². The minimum atomic E-state index is -0.628. The standard InChI is InChI=1S/C23H34O4/c1-21-8-5-16(24)12-15(21)3-4-19-18(21)6-9-22(2)17(7-10-23(19,22)26)14-11-20(25)27-13-14/h11,15-19,24,26H,3-10,12-13H2,1-2H3/t15?,16?,17?,18?,19?,21-,22+,23-/m0/s1. The number of cyclic esters (lactones) is 1. The van der Waals surface area contributed by atoms with Gasteiger partial charge in [-0.3, -0.25) is 0 Å². The summed E-state index contributed by atoms with van der Waals surface area (Å²) in [5, 5.41) is 22.3. The van der Waals surface area contributed by atoms with Gasteiger partial charge in [-0.05, 0) is 92.4 Å². The molecule has 27 heavy (non-hydrogen) atoms.